The van der Waals surface area contributed by atoms with Gasteiger partial charge in [-0.2, -0.15) is 15.3 Å². The van der Waals surface area contributed by atoms with E-state index in [-0.39, 0.29) is 17.1 Å². The van der Waals surface area contributed by atoms with Gasteiger partial charge in [0.15, 0.2) is 5.65 Å². The lowest BCUT2D eigenvalue weighted by molar-refractivity contribution is -0.385. The normalized spacial score (nSPS) is 11.1. The number of aromatic amines is 2. The second-order valence-electron chi connectivity index (χ2n) is 4.98. The van der Waals surface area contributed by atoms with Crippen LogP contribution in [0.1, 0.15) is 28.8 Å². The van der Waals surface area contributed by atoms with Gasteiger partial charge in [-0.25, -0.2) is 4.68 Å². The number of rotatable bonds is 4. The summed E-state index contributed by atoms with van der Waals surface area (Å²) in [6, 6.07) is 0. The van der Waals surface area contributed by atoms with Crippen LogP contribution in [0.15, 0.2) is 0 Å². The van der Waals surface area contributed by atoms with E-state index in [0.717, 1.165) is 5.69 Å². The molecule has 0 saturated heterocycles. The number of H-pyrrole nitrogens is 2. The van der Waals surface area contributed by atoms with Gasteiger partial charge < -0.3 is 5.32 Å². The van der Waals surface area contributed by atoms with E-state index in [4.69, 9.17) is 0 Å². The number of amides is 1. The summed E-state index contributed by atoms with van der Waals surface area (Å²) in [6.45, 7) is 3.41. The number of nitro groups is 1. The van der Waals surface area contributed by atoms with Crippen molar-refractivity contribution < 1.29 is 9.72 Å². The molecule has 120 valence electrons. The molecule has 3 aromatic heterocycles. The molecule has 3 N–H and O–H groups in total. The highest BCUT2D eigenvalue weighted by Crippen LogP contribution is 2.26. The molecule has 0 aliphatic carbocycles. The number of anilines is 1. The number of fused-ring (bicyclic) bond motifs is 1. The van der Waals surface area contributed by atoms with Gasteiger partial charge in [-0.3, -0.25) is 25.1 Å². The van der Waals surface area contributed by atoms with Crippen LogP contribution in [-0.4, -0.2) is 41.0 Å². The zero-order chi connectivity index (χ0) is 16.7. The first kappa shape index (κ1) is 14.7. The Kier molecular flexibility index (Phi) is 3.32. The third-order valence-electron chi connectivity index (χ3n) is 3.50. The molecule has 11 heteroatoms. The van der Waals surface area contributed by atoms with Crippen molar-refractivity contribution >= 4 is 28.4 Å². The molecule has 1 amide bonds. The molecular formula is C12H14N8O3. The maximum Gasteiger partial charge on any atom is 0.322 e. The number of aromatic nitrogens is 6. The second-order valence-corrected chi connectivity index (χ2v) is 4.98. The van der Waals surface area contributed by atoms with E-state index < -0.39 is 10.8 Å². The monoisotopic (exact) mass is 318 g/mol. The average Bonchev–Trinajstić information content (AvgIpc) is 3.15. The van der Waals surface area contributed by atoms with Crippen molar-refractivity contribution in [1.82, 2.24) is 30.2 Å². The Morgan fingerprint density at radius 1 is 1.39 bits per heavy atom. The van der Waals surface area contributed by atoms with Crippen LogP contribution < -0.4 is 5.32 Å². The number of carbonyl (C=O) groups excluding carboxylic acids is 1. The Hall–Kier alpha value is -3.24. The highest BCUT2D eigenvalue weighted by molar-refractivity contribution is 6.09. The molecule has 0 atom stereocenters. The van der Waals surface area contributed by atoms with Gasteiger partial charge in [0.05, 0.1) is 16.0 Å². The van der Waals surface area contributed by atoms with Gasteiger partial charge in [-0.15, -0.1) is 0 Å². The summed E-state index contributed by atoms with van der Waals surface area (Å²) in [5, 5.41) is 31.6. The molecule has 3 rings (SSSR count). The van der Waals surface area contributed by atoms with E-state index in [2.05, 4.69) is 30.8 Å². The maximum absolute atomic E-state index is 12.3. The Morgan fingerprint density at radius 2 is 2.13 bits per heavy atom. The molecule has 23 heavy (non-hydrogen) atoms. The fourth-order valence-corrected chi connectivity index (χ4v) is 2.43. The lowest BCUT2D eigenvalue weighted by Gasteiger charge is -2.00. The van der Waals surface area contributed by atoms with Crippen molar-refractivity contribution in [3.05, 3.63) is 27.2 Å². The molecule has 3 aromatic rings. The van der Waals surface area contributed by atoms with E-state index in [1.54, 1.807) is 11.7 Å². The SMILES string of the molecule is CCc1nn(C)c2n[nH]c(NC(=O)c3n[nH]c(C)c3[N+](=O)[O-])c12. The molecule has 0 saturated carbocycles. The molecule has 0 bridgehead atoms. The topological polar surface area (TPSA) is 147 Å². The van der Waals surface area contributed by atoms with Crippen LogP contribution in [0.25, 0.3) is 11.0 Å². The van der Waals surface area contributed by atoms with Crippen LogP contribution in [0.3, 0.4) is 0 Å². The number of hydrogen-bond donors (Lipinski definition) is 3. The average molecular weight is 318 g/mol. The molecule has 0 spiro atoms. The first-order chi connectivity index (χ1) is 10.9. The summed E-state index contributed by atoms with van der Waals surface area (Å²) in [4.78, 5) is 22.7. The maximum atomic E-state index is 12.3. The number of aryl methyl sites for hydroxylation is 3. The van der Waals surface area contributed by atoms with Crippen molar-refractivity contribution in [2.75, 3.05) is 5.32 Å². The zero-order valence-electron chi connectivity index (χ0n) is 12.7. The minimum absolute atomic E-state index is 0.213. The third kappa shape index (κ3) is 2.22. The van der Waals surface area contributed by atoms with Gasteiger partial charge in [0.2, 0.25) is 5.69 Å². The van der Waals surface area contributed by atoms with Gasteiger partial charge in [0.25, 0.3) is 5.91 Å². The Morgan fingerprint density at radius 3 is 2.78 bits per heavy atom. The van der Waals surface area contributed by atoms with Gasteiger partial charge in [-0.1, -0.05) is 6.92 Å². The van der Waals surface area contributed by atoms with E-state index in [0.29, 0.717) is 23.3 Å². The fourth-order valence-electron chi connectivity index (χ4n) is 2.43. The predicted molar refractivity (Wildman–Crippen MR) is 80.2 cm³/mol. The summed E-state index contributed by atoms with van der Waals surface area (Å²) in [7, 11) is 1.75. The molecule has 0 radical (unpaired) electrons. The Balaban J connectivity index is 2.00. The van der Waals surface area contributed by atoms with Crippen molar-refractivity contribution in [3.8, 4) is 0 Å². The molecule has 0 aliphatic rings. The van der Waals surface area contributed by atoms with Crippen LogP contribution in [-0.2, 0) is 13.5 Å². The fraction of sp³-hybridized carbons (Fsp3) is 0.333. The molecule has 3 heterocycles. The van der Waals surface area contributed by atoms with E-state index in [1.807, 2.05) is 6.92 Å². The van der Waals surface area contributed by atoms with Gasteiger partial charge in [0, 0.05) is 7.05 Å². The number of hydrogen-bond acceptors (Lipinski definition) is 6. The lowest BCUT2D eigenvalue weighted by atomic mass is 10.2. The highest BCUT2D eigenvalue weighted by atomic mass is 16.6. The van der Waals surface area contributed by atoms with Crippen LogP contribution >= 0.6 is 0 Å². The van der Waals surface area contributed by atoms with Crippen LogP contribution in [0, 0.1) is 17.0 Å². The molecule has 0 fully saturated rings. The number of carbonyl (C=O) groups is 1. The summed E-state index contributed by atoms with van der Waals surface area (Å²) in [5.41, 5.74) is 0.937. The van der Waals surface area contributed by atoms with Crippen molar-refractivity contribution in [2.45, 2.75) is 20.3 Å². The van der Waals surface area contributed by atoms with Crippen LogP contribution in [0.5, 0.6) is 0 Å². The van der Waals surface area contributed by atoms with Gasteiger partial charge in [0.1, 0.15) is 11.5 Å². The Bertz CT molecular complexity index is 918. The predicted octanol–water partition coefficient (Wildman–Crippen LogP) is 1.05. The lowest BCUT2D eigenvalue weighted by Crippen LogP contribution is -2.15. The largest absolute Gasteiger partial charge is 0.322 e. The second kappa shape index (κ2) is 5.19. The molecule has 0 unspecified atom stereocenters. The quantitative estimate of drug-likeness (QED) is 0.484. The van der Waals surface area contributed by atoms with E-state index in [9.17, 15) is 14.9 Å². The highest BCUT2D eigenvalue weighted by Gasteiger charge is 2.28. The summed E-state index contributed by atoms with van der Waals surface area (Å²) in [5.74, 6) is -0.359. The van der Waals surface area contributed by atoms with Crippen molar-refractivity contribution in [1.29, 1.82) is 0 Å². The standard InChI is InChI=1S/C12H14N8O3/c1-4-6-7-10(16-17-11(7)19(3)18-6)13-12(21)8-9(20(22)23)5(2)14-15-8/h4H2,1-3H3,(H,14,15)(H2,13,16,17,21). The van der Waals surface area contributed by atoms with Crippen LogP contribution in [0.2, 0.25) is 0 Å². The first-order valence-electron chi connectivity index (χ1n) is 6.84. The first-order valence-corrected chi connectivity index (χ1v) is 6.84. The molecule has 11 nitrogen and oxygen atoms in total. The molecule has 0 aromatic carbocycles. The smallest absolute Gasteiger partial charge is 0.305 e. The minimum Gasteiger partial charge on any atom is -0.305 e. The number of nitrogens with one attached hydrogen (secondary N) is 3. The van der Waals surface area contributed by atoms with Crippen molar-refractivity contribution in [3.63, 3.8) is 0 Å². The third-order valence-corrected chi connectivity index (χ3v) is 3.50. The van der Waals surface area contributed by atoms with Crippen molar-refractivity contribution in [2.24, 2.45) is 7.05 Å². The van der Waals surface area contributed by atoms with E-state index >= 15 is 0 Å². The van der Waals surface area contributed by atoms with Crippen LogP contribution in [0.4, 0.5) is 11.5 Å². The Labute approximate surface area is 129 Å². The molecule has 0 aliphatic heterocycles. The van der Waals surface area contributed by atoms with Gasteiger partial charge in [-0.05, 0) is 13.3 Å². The van der Waals surface area contributed by atoms with E-state index in [1.165, 1.54) is 6.92 Å². The number of nitrogens with zero attached hydrogens (tertiary/aromatic N) is 5. The summed E-state index contributed by atoms with van der Waals surface area (Å²) in [6.07, 6.45) is 0.654. The summed E-state index contributed by atoms with van der Waals surface area (Å²) < 4.78 is 1.60. The molecular weight excluding hydrogens is 304 g/mol. The van der Waals surface area contributed by atoms with Gasteiger partial charge >= 0.3 is 5.69 Å². The summed E-state index contributed by atoms with van der Waals surface area (Å²) >= 11 is 0. The zero-order valence-corrected chi connectivity index (χ0v) is 12.7. The minimum atomic E-state index is -0.697.